The maximum Gasteiger partial charge on any atom is 0.404 e. The molecule has 0 saturated carbocycles. The molecule has 1 heterocycles. The third-order valence-electron chi connectivity index (χ3n) is 7.38. The van der Waals surface area contributed by atoms with Gasteiger partial charge in [0.05, 0.1) is 17.2 Å². The molecule has 3 unspecified atom stereocenters. The van der Waals surface area contributed by atoms with Gasteiger partial charge in [0.1, 0.15) is 11.9 Å². The molecule has 1 amide bonds. The number of carbonyl (C=O) groups excluding carboxylic acids is 1. The van der Waals surface area contributed by atoms with Gasteiger partial charge < -0.3 is 19.3 Å². The summed E-state index contributed by atoms with van der Waals surface area (Å²) >= 11 is -2.69. The maximum absolute atomic E-state index is 14.5. The first kappa shape index (κ1) is 31.5. The minimum absolute atomic E-state index is 0.131. The van der Waals surface area contributed by atoms with Crippen LogP contribution < -0.4 is 9.62 Å². The van der Waals surface area contributed by atoms with Crippen LogP contribution in [0.15, 0.2) is 36.4 Å². The normalized spacial score (nSPS) is 17.2. The Morgan fingerprint density at radius 1 is 1.18 bits per heavy atom. The van der Waals surface area contributed by atoms with E-state index in [1.165, 1.54) is 42.2 Å². The highest BCUT2D eigenvalue weighted by Gasteiger charge is 2.44. The number of nitrogens with one attached hydrogen (secondary N) is 1. The summed E-state index contributed by atoms with van der Waals surface area (Å²) in [5, 5.41) is 12.0. The van der Waals surface area contributed by atoms with Gasteiger partial charge in [-0.15, -0.1) is 0 Å². The van der Waals surface area contributed by atoms with Crippen LogP contribution in [0.2, 0.25) is 0 Å². The van der Waals surface area contributed by atoms with Gasteiger partial charge in [0, 0.05) is 24.9 Å². The molecular weight excluding hydrogens is 554 g/mol. The van der Waals surface area contributed by atoms with Gasteiger partial charge in [-0.3, -0.25) is 13.9 Å². The van der Waals surface area contributed by atoms with Crippen molar-refractivity contribution < 1.29 is 41.0 Å². The predicted molar refractivity (Wildman–Crippen MR) is 141 cm³/mol. The van der Waals surface area contributed by atoms with Crippen molar-refractivity contribution in [2.75, 3.05) is 24.4 Å². The summed E-state index contributed by atoms with van der Waals surface area (Å²) in [7, 11) is 1.16. The number of carboxylic acid groups (broad SMARTS) is 1. The van der Waals surface area contributed by atoms with Crippen molar-refractivity contribution in [2.45, 2.75) is 57.8 Å². The second-order valence-corrected chi connectivity index (χ2v) is 11.1. The third kappa shape index (κ3) is 7.79. The van der Waals surface area contributed by atoms with E-state index in [9.17, 15) is 41.0 Å². The first-order valence-corrected chi connectivity index (χ1v) is 13.8. The number of carbonyl (C=O) groups is 2. The van der Waals surface area contributed by atoms with Crippen molar-refractivity contribution in [3.63, 3.8) is 0 Å². The Morgan fingerprint density at radius 3 is 2.38 bits per heavy atom. The van der Waals surface area contributed by atoms with Gasteiger partial charge in [-0.05, 0) is 86.1 Å². The zero-order valence-electron chi connectivity index (χ0n) is 22.3. The first-order chi connectivity index (χ1) is 18.7. The Kier molecular flexibility index (Phi) is 10.3. The number of nitrogens with zero attached hydrogens (tertiary/aromatic N) is 2. The van der Waals surface area contributed by atoms with Crippen molar-refractivity contribution in [1.82, 2.24) is 10.2 Å². The fourth-order valence-corrected chi connectivity index (χ4v) is 5.05. The second-order valence-electron chi connectivity index (χ2n) is 10.1. The van der Waals surface area contributed by atoms with Crippen molar-refractivity contribution in [1.29, 1.82) is 0 Å². The van der Waals surface area contributed by atoms with Crippen LogP contribution in [0.25, 0.3) is 0 Å². The van der Waals surface area contributed by atoms with E-state index in [-0.39, 0.29) is 34.5 Å². The molecule has 0 spiro atoms. The lowest BCUT2D eigenvalue weighted by Crippen LogP contribution is -2.50. The zero-order chi connectivity index (χ0) is 29.8. The van der Waals surface area contributed by atoms with Crippen LogP contribution in [0, 0.1) is 11.7 Å². The molecule has 1 fully saturated rings. The average molecular weight is 587 g/mol. The number of anilines is 1. The average Bonchev–Trinajstić information content (AvgIpc) is 2.89. The number of rotatable bonds is 10. The summed E-state index contributed by atoms with van der Waals surface area (Å²) in [6.45, 7) is 3.86. The van der Waals surface area contributed by atoms with Gasteiger partial charge in [-0.2, -0.15) is 13.2 Å². The van der Waals surface area contributed by atoms with Crippen LogP contribution in [0.1, 0.15) is 59.7 Å². The van der Waals surface area contributed by atoms with Crippen LogP contribution in [-0.2, 0) is 29.0 Å². The van der Waals surface area contributed by atoms with Crippen LogP contribution in [0.5, 0.6) is 0 Å². The van der Waals surface area contributed by atoms with E-state index < -0.39 is 53.5 Å². The number of amides is 1. The molecule has 0 aliphatic carbocycles. The molecule has 1 aliphatic heterocycles. The highest BCUT2D eigenvalue weighted by Crippen LogP contribution is 2.32. The van der Waals surface area contributed by atoms with Crippen molar-refractivity contribution in [3.8, 4) is 0 Å². The van der Waals surface area contributed by atoms with Crippen molar-refractivity contribution >= 4 is 28.8 Å². The van der Waals surface area contributed by atoms with Crippen molar-refractivity contribution in [2.24, 2.45) is 5.92 Å². The Morgan fingerprint density at radius 2 is 1.82 bits per heavy atom. The number of alkyl halides is 3. The number of halogens is 4. The van der Waals surface area contributed by atoms with Gasteiger partial charge in [0.15, 0.2) is 0 Å². The molecule has 0 aromatic heterocycles. The number of piperidine rings is 1. The van der Waals surface area contributed by atoms with Crippen molar-refractivity contribution in [3.05, 3.63) is 64.5 Å². The van der Waals surface area contributed by atoms with E-state index in [1.807, 2.05) is 6.92 Å². The molecule has 2 aromatic carbocycles. The Hall–Kier alpha value is -3.03. The molecule has 2 aromatic rings. The number of hydrogen-bond acceptors (Lipinski definition) is 5. The minimum atomic E-state index is -4.51. The van der Waals surface area contributed by atoms with E-state index in [4.69, 9.17) is 0 Å². The molecule has 1 aliphatic rings. The Balaban J connectivity index is 1.80. The van der Waals surface area contributed by atoms with Gasteiger partial charge >= 0.3 is 12.1 Å². The standard InChI is InChI=1S/C27H33F4N3O5S/c1-16-8-10-34(11-9-16)24(27(29,30)31)14-19-4-5-20(26(36)37)12-21(19)15-32-25(35)17(2)18-6-7-23(22(28)13-18)33(3)40(38)39/h4-7,12-13,16-17,24H,8-11,14-15H2,1-3H3,(H,32,35)(H,36,37)(H,38,39)/p-1. The zero-order valence-corrected chi connectivity index (χ0v) is 23.2. The van der Waals surface area contributed by atoms with Crippen LogP contribution in [0.4, 0.5) is 23.2 Å². The topological polar surface area (TPSA) is 113 Å². The first-order valence-electron chi connectivity index (χ1n) is 12.7. The molecule has 3 rings (SSSR count). The second kappa shape index (κ2) is 13.1. The Bertz CT molecular complexity index is 1250. The number of carboxylic acids is 1. The van der Waals surface area contributed by atoms with E-state index in [0.29, 0.717) is 36.2 Å². The molecule has 0 radical (unpaired) electrons. The lowest BCUT2D eigenvalue weighted by atomic mass is 9.93. The summed E-state index contributed by atoms with van der Waals surface area (Å²) in [6.07, 6.45) is -3.61. The SMILES string of the molecule is CC1CCN(C(Cc2ccc(C(=O)O)cc2CNC(=O)C(C)c2ccc(N(C)S(=O)[O-])c(F)c2)C(F)(F)F)CC1. The fourth-order valence-electron chi connectivity index (χ4n) is 4.74. The molecule has 0 bridgehead atoms. The lowest BCUT2D eigenvalue weighted by molar-refractivity contribution is -0.186. The number of hydrogen-bond donors (Lipinski definition) is 2. The van der Waals surface area contributed by atoms with Gasteiger partial charge in [0.25, 0.3) is 0 Å². The van der Waals surface area contributed by atoms with Gasteiger partial charge in [-0.25, -0.2) is 9.18 Å². The smallest absolute Gasteiger partial charge is 0.404 e. The minimum Gasteiger partial charge on any atom is -0.755 e. The summed E-state index contributed by atoms with van der Waals surface area (Å²) < 4.78 is 79.8. The van der Waals surface area contributed by atoms with Crippen LogP contribution in [0.3, 0.4) is 0 Å². The van der Waals surface area contributed by atoms with Crippen LogP contribution >= 0.6 is 0 Å². The maximum atomic E-state index is 14.5. The van der Waals surface area contributed by atoms with E-state index in [0.717, 1.165) is 13.1 Å². The fraction of sp³-hybridized carbons (Fsp3) is 0.481. The summed E-state index contributed by atoms with van der Waals surface area (Å²) in [6, 6.07) is 5.74. The van der Waals surface area contributed by atoms with E-state index in [1.54, 1.807) is 0 Å². The molecule has 1 saturated heterocycles. The quantitative estimate of drug-likeness (QED) is 0.316. The van der Waals surface area contributed by atoms with Gasteiger partial charge in [-0.1, -0.05) is 19.1 Å². The molecule has 3 atom stereocenters. The number of aromatic carboxylic acids is 1. The molecule has 40 heavy (non-hydrogen) atoms. The summed E-state index contributed by atoms with van der Waals surface area (Å²) in [5.74, 6) is -3.24. The predicted octanol–water partition coefficient (Wildman–Crippen LogP) is 4.38. The van der Waals surface area contributed by atoms with Crippen LogP contribution in [-0.4, -0.2) is 63.0 Å². The Labute approximate surface area is 232 Å². The molecule has 8 nitrogen and oxygen atoms in total. The van der Waals surface area contributed by atoms with Gasteiger partial charge in [0.2, 0.25) is 5.91 Å². The third-order valence-corrected chi connectivity index (χ3v) is 8.03. The molecule has 13 heteroatoms. The number of benzene rings is 2. The molecule has 220 valence electrons. The largest absolute Gasteiger partial charge is 0.755 e. The highest BCUT2D eigenvalue weighted by molar-refractivity contribution is 7.80. The monoisotopic (exact) mass is 586 g/mol. The van der Waals surface area contributed by atoms with E-state index >= 15 is 0 Å². The highest BCUT2D eigenvalue weighted by atomic mass is 32.2. The summed E-state index contributed by atoms with van der Waals surface area (Å²) in [5.41, 5.74) is 0.417. The number of likely N-dealkylation sites (tertiary alicyclic amines) is 1. The summed E-state index contributed by atoms with van der Waals surface area (Å²) in [4.78, 5) is 25.9. The lowest BCUT2D eigenvalue weighted by Gasteiger charge is -2.38. The van der Waals surface area contributed by atoms with E-state index in [2.05, 4.69) is 5.32 Å². The molecular formula is C27H32F4N3O5S-. The molecule has 2 N–H and O–H groups in total.